The normalized spacial score (nSPS) is 11.4. The number of carboxylic acid groups (broad SMARTS) is 1. The van der Waals surface area contributed by atoms with E-state index in [4.69, 9.17) is 10.8 Å². The van der Waals surface area contributed by atoms with Crippen LogP contribution in [-0.2, 0) is 4.79 Å². The Morgan fingerprint density at radius 2 is 1.60 bits per heavy atom. The third kappa shape index (κ3) is 5.60. The topological polar surface area (TPSA) is 153 Å². The number of amides is 1. The zero-order valence-corrected chi connectivity index (χ0v) is 20.2. The van der Waals surface area contributed by atoms with Crippen LogP contribution in [0.5, 0.6) is 0 Å². The lowest BCUT2D eigenvalue weighted by Crippen LogP contribution is -2.22. The number of carbonyl (C=O) groups excluding carboxylic acids is 1. The zero-order chi connectivity index (χ0) is 25.7. The molecule has 9 heteroatoms. The maximum Gasteiger partial charge on any atom is 0.335 e. The number of anilines is 2. The van der Waals surface area contributed by atoms with Gasteiger partial charge in [-0.2, -0.15) is 10.5 Å². The van der Waals surface area contributed by atoms with Gasteiger partial charge in [-0.25, -0.2) is 9.78 Å². The van der Waals surface area contributed by atoms with E-state index in [0.29, 0.717) is 22.7 Å². The molecule has 0 aliphatic heterocycles. The lowest BCUT2D eigenvalue weighted by molar-refractivity contribution is -0.115. The predicted molar refractivity (Wildman–Crippen MR) is 135 cm³/mol. The summed E-state index contributed by atoms with van der Waals surface area (Å²) in [7, 11) is 0. The minimum absolute atomic E-state index is 0.0196. The molecular formula is C26H23N5O3S. The van der Waals surface area contributed by atoms with Gasteiger partial charge in [0, 0.05) is 11.3 Å². The van der Waals surface area contributed by atoms with E-state index in [-0.39, 0.29) is 33.4 Å². The van der Waals surface area contributed by atoms with Crippen LogP contribution in [0, 0.1) is 22.7 Å². The lowest BCUT2D eigenvalue weighted by atomic mass is 9.94. The number of hydrogen-bond donors (Lipinski definition) is 3. The molecule has 8 nitrogen and oxygen atoms in total. The van der Waals surface area contributed by atoms with Crippen molar-refractivity contribution in [3.8, 4) is 23.3 Å². The van der Waals surface area contributed by atoms with Crippen LogP contribution in [0.25, 0.3) is 11.1 Å². The molecule has 0 fully saturated rings. The minimum Gasteiger partial charge on any atom is -0.478 e. The Morgan fingerprint density at radius 3 is 2.11 bits per heavy atom. The van der Waals surface area contributed by atoms with Crippen molar-refractivity contribution in [1.29, 1.82) is 10.5 Å². The van der Waals surface area contributed by atoms with Gasteiger partial charge in [0.05, 0.1) is 16.4 Å². The first-order chi connectivity index (χ1) is 16.7. The quantitative estimate of drug-likeness (QED) is 0.395. The molecule has 1 heterocycles. The summed E-state index contributed by atoms with van der Waals surface area (Å²) >= 11 is 1.05. The third-order valence-electron chi connectivity index (χ3n) is 5.34. The number of nitrogen functional groups attached to an aromatic ring is 1. The molecule has 176 valence electrons. The number of nitrogens with two attached hydrogens (primary N) is 1. The molecule has 0 bridgehead atoms. The number of hydrogen-bond acceptors (Lipinski definition) is 7. The standard InChI is InChI=1S/C26H23N5O3S/c1-14(2)16-4-6-17(7-5-16)22-20(12-27)23(29)31-25(21(22)13-28)35-15(3)24(32)30-19-10-8-18(9-11-19)26(33)34/h4-11,14-15H,1-3H3,(H2,29,31)(H,30,32)(H,33,34). The molecule has 3 aromatic rings. The van der Waals surface area contributed by atoms with Crippen molar-refractivity contribution in [2.45, 2.75) is 37.0 Å². The SMILES string of the molecule is CC(Sc1nc(N)c(C#N)c(-c2ccc(C(C)C)cc2)c1C#N)C(=O)Nc1ccc(C(=O)O)cc1. The Kier molecular flexibility index (Phi) is 7.75. The fourth-order valence-corrected chi connectivity index (χ4v) is 4.29. The highest BCUT2D eigenvalue weighted by Crippen LogP contribution is 2.37. The van der Waals surface area contributed by atoms with Gasteiger partial charge in [0.1, 0.15) is 28.5 Å². The van der Waals surface area contributed by atoms with Gasteiger partial charge in [-0.3, -0.25) is 4.79 Å². The molecule has 1 amide bonds. The zero-order valence-electron chi connectivity index (χ0n) is 19.4. The maximum absolute atomic E-state index is 12.8. The highest BCUT2D eigenvalue weighted by molar-refractivity contribution is 8.00. The fraction of sp³-hybridized carbons (Fsp3) is 0.192. The van der Waals surface area contributed by atoms with Crippen LogP contribution < -0.4 is 11.1 Å². The number of carboxylic acids is 1. The number of rotatable bonds is 7. The van der Waals surface area contributed by atoms with E-state index in [1.165, 1.54) is 24.3 Å². The van der Waals surface area contributed by atoms with Gasteiger partial charge >= 0.3 is 5.97 Å². The summed E-state index contributed by atoms with van der Waals surface area (Å²) < 4.78 is 0. The van der Waals surface area contributed by atoms with Crippen LogP contribution in [0.2, 0.25) is 0 Å². The number of nitrogens with one attached hydrogen (secondary N) is 1. The van der Waals surface area contributed by atoms with Crippen LogP contribution in [0.15, 0.2) is 53.6 Å². The van der Waals surface area contributed by atoms with E-state index in [0.717, 1.165) is 17.3 Å². The van der Waals surface area contributed by atoms with Crippen molar-refractivity contribution in [2.75, 3.05) is 11.1 Å². The predicted octanol–water partition coefficient (Wildman–Crippen LogP) is 5.02. The molecule has 3 rings (SSSR count). The Labute approximate surface area is 207 Å². The molecule has 0 aliphatic rings. The van der Waals surface area contributed by atoms with E-state index >= 15 is 0 Å². The van der Waals surface area contributed by atoms with Gasteiger partial charge in [-0.1, -0.05) is 49.9 Å². The summed E-state index contributed by atoms with van der Waals surface area (Å²) in [5, 5.41) is 31.0. The second-order valence-electron chi connectivity index (χ2n) is 8.06. The molecule has 0 aliphatic carbocycles. The summed E-state index contributed by atoms with van der Waals surface area (Å²) in [4.78, 5) is 28.0. The number of nitriles is 2. The number of thioether (sulfide) groups is 1. The number of aromatic carboxylic acids is 1. The van der Waals surface area contributed by atoms with Gasteiger partial charge in [-0.15, -0.1) is 0 Å². The number of carbonyl (C=O) groups is 2. The Hall–Kier alpha value is -4.34. The third-order valence-corrected chi connectivity index (χ3v) is 6.42. The van der Waals surface area contributed by atoms with Gasteiger partial charge < -0.3 is 16.2 Å². The molecule has 1 atom stereocenters. The monoisotopic (exact) mass is 485 g/mol. The molecule has 0 radical (unpaired) electrons. The first kappa shape index (κ1) is 25.3. The molecule has 2 aromatic carbocycles. The summed E-state index contributed by atoms with van der Waals surface area (Å²) in [5.74, 6) is -1.12. The highest BCUT2D eigenvalue weighted by atomic mass is 32.2. The van der Waals surface area contributed by atoms with Crippen molar-refractivity contribution in [2.24, 2.45) is 0 Å². The van der Waals surface area contributed by atoms with Crippen molar-refractivity contribution in [1.82, 2.24) is 4.98 Å². The Bertz CT molecular complexity index is 1350. The molecule has 0 saturated heterocycles. The second-order valence-corrected chi connectivity index (χ2v) is 9.39. The average molecular weight is 486 g/mol. The summed E-state index contributed by atoms with van der Waals surface area (Å²) in [6, 6.07) is 17.5. The number of nitrogens with zero attached hydrogens (tertiary/aromatic N) is 3. The first-order valence-corrected chi connectivity index (χ1v) is 11.6. The molecule has 1 aromatic heterocycles. The van der Waals surface area contributed by atoms with Crippen molar-refractivity contribution in [3.05, 3.63) is 70.8 Å². The van der Waals surface area contributed by atoms with Crippen LogP contribution in [0.3, 0.4) is 0 Å². The minimum atomic E-state index is -1.06. The van der Waals surface area contributed by atoms with E-state index in [1.54, 1.807) is 6.92 Å². The van der Waals surface area contributed by atoms with Gasteiger partial charge in [0.15, 0.2) is 0 Å². The Balaban J connectivity index is 1.93. The van der Waals surface area contributed by atoms with E-state index in [9.17, 15) is 20.1 Å². The van der Waals surface area contributed by atoms with E-state index in [2.05, 4.69) is 36.3 Å². The van der Waals surface area contributed by atoms with Crippen LogP contribution in [0.1, 0.15) is 53.7 Å². The van der Waals surface area contributed by atoms with Crippen molar-refractivity contribution >= 4 is 35.1 Å². The molecule has 0 saturated carbocycles. The van der Waals surface area contributed by atoms with Crippen molar-refractivity contribution in [3.63, 3.8) is 0 Å². The van der Waals surface area contributed by atoms with Gasteiger partial charge in [0.25, 0.3) is 0 Å². The first-order valence-electron chi connectivity index (χ1n) is 10.7. The summed E-state index contributed by atoms with van der Waals surface area (Å²) in [5.41, 5.74) is 9.07. The van der Waals surface area contributed by atoms with Gasteiger partial charge in [0.2, 0.25) is 5.91 Å². The highest BCUT2D eigenvalue weighted by Gasteiger charge is 2.24. The van der Waals surface area contributed by atoms with Crippen LogP contribution in [0.4, 0.5) is 11.5 Å². The molecule has 4 N–H and O–H groups in total. The van der Waals surface area contributed by atoms with Crippen molar-refractivity contribution < 1.29 is 14.7 Å². The smallest absolute Gasteiger partial charge is 0.335 e. The lowest BCUT2D eigenvalue weighted by Gasteiger charge is -2.16. The molecule has 0 spiro atoms. The second kappa shape index (κ2) is 10.7. The number of pyridine rings is 1. The molecular weight excluding hydrogens is 462 g/mol. The van der Waals surface area contributed by atoms with Gasteiger partial charge in [-0.05, 0) is 48.2 Å². The van der Waals surface area contributed by atoms with E-state index < -0.39 is 11.2 Å². The maximum atomic E-state index is 12.8. The van der Waals surface area contributed by atoms with Crippen LogP contribution >= 0.6 is 11.8 Å². The largest absolute Gasteiger partial charge is 0.478 e. The summed E-state index contributed by atoms with van der Waals surface area (Å²) in [6.45, 7) is 5.80. The molecule has 1 unspecified atom stereocenters. The fourth-order valence-electron chi connectivity index (χ4n) is 3.37. The summed E-state index contributed by atoms with van der Waals surface area (Å²) in [6.07, 6.45) is 0. The average Bonchev–Trinajstić information content (AvgIpc) is 2.84. The number of benzene rings is 2. The van der Waals surface area contributed by atoms with E-state index in [1.807, 2.05) is 24.3 Å². The van der Waals surface area contributed by atoms with Crippen LogP contribution in [-0.4, -0.2) is 27.2 Å². The molecule has 35 heavy (non-hydrogen) atoms. The number of aromatic nitrogens is 1. The Morgan fingerprint density at radius 1 is 1.00 bits per heavy atom.